The predicted octanol–water partition coefficient (Wildman–Crippen LogP) is 3.55. The molecule has 0 unspecified atom stereocenters. The van der Waals surface area contributed by atoms with E-state index in [1.807, 2.05) is 0 Å². The van der Waals surface area contributed by atoms with E-state index in [1.165, 1.54) is 16.7 Å². The van der Waals surface area contributed by atoms with Gasteiger partial charge in [-0.1, -0.05) is 55.5 Å². The monoisotopic (exact) mass is 372 g/mol. The first kappa shape index (κ1) is 20.6. The molecular weight excluding hydrogens is 347 g/mol. The van der Waals surface area contributed by atoms with Crippen LogP contribution in [-0.4, -0.2) is 26.7 Å². The minimum Gasteiger partial charge on any atom is -0.399 e. The molecule has 0 N–H and O–H groups in total. The van der Waals surface area contributed by atoms with Crippen molar-refractivity contribution in [2.24, 2.45) is 0 Å². The van der Waals surface area contributed by atoms with Crippen LogP contribution >= 0.6 is 0 Å². The van der Waals surface area contributed by atoms with Crippen molar-refractivity contribution >= 4 is 24.2 Å². The van der Waals surface area contributed by atoms with Crippen molar-refractivity contribution in [2.45, 2.75) is 52.2 Å². The molecule has 3 rings (SSSR count). The van der Waals surface area contributed by atoms with E-state index in [0.29, 0.717) is 0 Å². The van der Waals surface area contributed by atoms with Crippen molar-refractivity contribution in [1.82, 2.24) is 0 Å². The van der Waals surface area contributed by atoms with Gasteiger partial charge < -0.3 is 9.31 Å². The van der Waals surface area contributed by atoms with E-state index >= 15 is 0 Å². The Kier molecular flexibility index (Phi) is 6.56. The molecular formula is C20H25BO4S. The summed E-state index contributed by atoms with van der Waals surface area (Å²) in [4.78, 5) is 0. The van der Waals surface area contributed by atoms with E-state index in [-0.39, 0.29) is 18.3 Å². The van der Waals surface area contributed by atoms with E-state index in [0.717, 1.165) is 11.9 Å². The molecule has 0 amide bonds. The van der Waals surface area contributed by atoms with Crippen LogP contribution in [0.1, 0.15) is 40.2 Å². The minimum atomic E-state index is -0.750. The first-order valence-electron chi connectivity index (χ1n) is 8.71. The highest BCUT2D eigenvalue weighted by Crippen LogP contribution is 2.36. The Labute approximate surface area is 159 Å². The third kappa shape index (κ3) is 4.50. The summed E-state index contributed by atoms with van der Waals surface area (Å²) in [7, 11) is -0.295. The van der Waals surface area contributed by atoms with Gasteiger partial charge in [0, 0.05) is 0 Å². The molecule has 1 fully saturated rings. The lowest BCUT2D eigenvalue weighted by atomic mass is 9.78. The van der Waals surface area contributed by atoms with Crippen LogP contribution in [0.25, 0.3) is 11.1 Å². The third-order valence-electron chi connectivity index (χ3n) is 5.13. The highest BCUT2D eigenvalue weighted by atomic mass is 32.1. The van der Waals surface area contributed by atoms with Gasteiger partial charge in [0.05, 0.1) is 11.2 Å². The van der Waals surface area contributed by atoms with E-state index in [1.54, 1.807) is 0 Å². The van der Waals surface area contributed by atoms with Crippen molar-refractivity contribution < 1.29 is 17.7 Å². The van der Waals surface area contributed by atoms with Crippen LogP contribution < -0.4 is 5.46 Å². The van der Waals surface area contributed by atoms with Crippen LogP contribution in [0.3, 0.4) is 0 Å². The zero-order valence-electron chi connectivity index (χ0n) is 15.9. The van der Waals surface area contributed by atoms with Crippen LogP contribution in [0.2, 0.25) is 0 Å². The lowest BCUT2D eigenvalue weighted by Gasteiger charge is -2.32. The molecule has 4 nitrogen and oxygen atoms in total. The molecule has 0 radical (unpaired) electrons. The molecule has 2 aromatic rings. The SMILES string of the molecule is CCc1ccc(-c2ccc(B3OC(C)(C)C(C)(C)O3)cc2)cc1.O=S=O. The molecule has 1 aliphatic heterocycles. The van der Waals surface area contributed by atoms with E-state index < -0.39 is 11.6 Å². The van der Waals surface area contributed by atoms with Gasteiger partial charge in [0.2, 0.25) is 0 Å². The molecule has 0 atom stereocenters. The summed E-state index contributed by atoms with van der Waals surface area (Å²) in [6.45, 7) is 10.5. The van der Waals surface area contributed by atoms with Crippen molar-refractivity contribution in [1.29, 1.82) is 0 Å². The zero-order chi connectivity index (χ0) is 19.4. The second kappa shape index (κ2) is 8.29. The molecule has 1 aliphatic rings. The van der Waals surface area contributed by atoms with Crippen molar-refractivity contribution in [3.8, 4) is 11.1 Å². The van der Waals surface area contributed by atoms with Gasteiger partial charge >= 0.3 is 18.7 Å². The summed E-state index contributed by atoms with van der Waals surface area (Å²) in [5, 5.41) is 0. The Hall–Kier alpha value is -1.76. The fraction of sp³-hybridized carbons (Fsp3) is 0.400. The Morgan fingerprint density at radius 1 is 0.808 bits per heavy atom. The number of hydrogen-bond donors (Lipinski definition) is 0. The Morgan fingerprint density at radius 2 is 1.19 bits per heavy atom. The van der Waals surface area contributed by atoms with Gasteiger partial charge in [-0.3, -0.25) is 0 Å². The summed E-state index contributed by atoms with van der Waals surface area (Å²) in [5.74, 6) is 0. The average molecular weight is 372 g/mol. The van der Waals surface area contributed by atoms with Crippen LogP contribution in [0.4, 0.5) is 0 Å². The summed E-state index contributed by atoms with van der Waals surface area (Å²) in [6.07, 6.45) is 1.07. The molecule has 0 saturated carbocycles. The Bertz CT molecular complexity index is 747. The molecule has 0 spiro atoms. The highest BCUT2D eigenvalue weighted by Gasteiger charge is 2.51. The van der Waals surface area contributed by atoms with Gasteiger partial charge in [0.15, 0.2) is 0 Å². The largest absolute Gasteiger partial charge is 0.494 e. The second-order valence-electron chi connectivity index (χ2n) is 7.33. The first-order valence-corrected chi connectivity index (χ1v) is 9.37. The fourth-order valence-electron chi connectivity index (χ4n) is 2.74. The topological polar surface area (TPSA) is 52.6 Å². The number of benzene rings is 2. The summed E-state index contributed by atoms with van der Waals surface area (Å²) in [5.41, 5.74) is 4.29. The van der Waals surface area contributed by atoms with Gasteiger partial charge in [-0.2, -0.15) is 8.42 Å². The van der Waals surface area contributed by atoms with Crippen LogP contribution in [0.15, 0.2) is 48.5 Å². The van der Waals surface area contributed by atoms with Gasteiger partial charge in [-0.15, -0.1) is 0 Å². The van der Waals surface area contributed by atoms with Gasteiger partial charge in [-0.05, 0) is 56.3 Å². The predicted molar refractivity (Wildman–Crippen MR) is 106 cm³/mol. The first-order chi connectivity index (χ1) is 12.2. The average Bonchev–Trinajstić information content (AvgIpc) is 2.84. The summed E-state index contributed by atoms with van der Waals surface area (Å²) >= 11 is -0.750. The quantitative estimate of drug-likeness (QED) is 0.774. The van der Waals surface area contributed by atoms with E-state index in [2.05, 4.69) is 83.1 Å². The Morgan fingerprint density at radius 3 is 1.58 bits per heavy atom. The van der Waals surface area contributed by atoms with E-state index in [4.69, 9.17) is 17.7 Å². The molecule has 26 heavy (non-hydrogen) atoms. The maximum atomic E-state index is 8.29. The van der Waals surface area contributed by atoms with Crippen molar-refractivity contribution in [3.05, 3.63) is 54.1 Å². The molecule has 0 aromatic heterocycles. The number of aryl methyl sites for hydroxylation is 1. The molecule has 2 aromatic carbocycles. The third-order valence-corrected chi connectivity index (χ3v) is 5.13. The minimum absolute atomic E-state index is 0.295. The maximum absolute atomic E-state index is 8.29. The van der Waals surface area contributed by atoms with Crippen molar-refractivity contribution in [2.75, 3.05) is 0 Å². The maximum Gasteiger partial charge on any atom is 0.494 e. The Balaban J connectivity index is 0.000000758. The fourth-order valence-corrected chi connectivity index (χ4v) is 2.74. The smallest absolute Gasteiger partial charge is 0.399 e. The lowest BCUT2D eigenvalue weighted by molar-refractivity contribution is 0.00578. The molecule has 0 aliphatic carbocycles. The normalized spacial score (nSPS) is 17.3. The van der Waals surface area contributed by atoms with Crippen LogP contribution in [0, 0.1) is 0 Å². The van der Waals surface area contributed by atoms with Crippen LogP contribution in [-0.2, 0) is 27.3 Å². The molecule has 0 bridgehead atoms. The highest BCUT2D eigenvalue weighted by molar-refractivity contribution is 7.51. The molecule has 1 heterocycles. The van der Waals surface area contributed by atoms with Crippen molar-refractivity contribution in [3.63, 3.8) is 0 Å². The van der Waals surface area contributed by atoms with Gasteiger partial charge in [0.25, 0.3) is 0 Å². The molecule has 138 valence electrons. The summed E-state index contributed by atoms with van der Waals surface area (Å²) < 4.78 is 28.8. The van der Waals surface area contributed by atoms with Gasteiger partial charge in [0.1, 0.15) is 0 Å². The second-order valence-corrected chi connectivity index (χ2v) is 7.46. The molecule has 6 heteroatoms. The zero-order valence-corrected chi connectivity index (χ0v) is 16.8. The van der Waals surface area contributed by atoms with Gasteiger partial charge in [-0.25, -0.2) is 0 Å². The van der Waals surface area contributed by atoms with E-state index in [9.17, 15) is 0 Å². The van der Waals surface area contributed by atoms with Crippen LogP contribution in [0.5, 0.6) is 0 Å². The lowest BCUT2D eigenvalue weighted by Crippen LogP contribution is -2.41. The molecule has 1 saturated heterocycles. The number of rotatable bonds is 3. The standard InChI is InChI=1S/C20H25BO2.O2S/c1-6-15-7-9-16(10-8-15)17-11-13-18(14-12-17)21-22-19(2,3)20(4,5)23-21;1-3-2/h7-14H,6H2,1-5H3;. The number of hydrogen-bond acceptors (Lipinski definition) is 4. The summed E-state index contributed by atoms with van der Waals surface area (Å²) in [6, 6.07) is 17.2.